The highest BCUT2D eigenvalue weighted by Crippen LogP contribution is 2.23. The molecule has 0 aliphatic rings. The fraction of sp³-hybridized carbons (Fsp3) is 0.400. The van der Waals surface area contributed by atoms with Crippen LogP contribution in [0.3, 0.4) is 0 Å². The molecular formula is C10H12ClNO4. The summed E-state index contributed by atoms with van der Waals surface area (Å²) >= 11 is 5.66. The second kappa shape index (κ2) is 4.67. The van der Waals surface area contributed by atoms with Crippen molar-refractivity contribution in [3.63, 3.8) is 0 Å². The summed E-state index contributed by atoms with van der Waals surface area (Å²) in [5.74, 6) is -1.08. The van der Waals surface area contributed by atoms with Crippen molar-refractivity contribution in [2.24, 2.45) is 0 Å². The maximum atomic E-state index is 10.8. The summed E-state index contributed by atoms with van der Waals surface area (Å²) in [5.41, 5.74) is -1.37. The van der Waals surface area contributed by atoms with Crippen LogP contribution in [0.15, 0.2) is 12.1 Å². The molecule has 0 fully saturated rings. The number of hydrogen-bond acceptors (Lipinski definition) is 4. The number of hydrogen-bond donors (Lipinski definition) is 2. The Balaban J connectivity index is 3.01. The largest absolute Gasteiger partial charge is 0.481 e. The number of halogens is 1. The third kappa shape index (κ3) is 2.84. The number of ether oxygens (including phenoxy) is 1. The zero-order valence-corrected chi connectivity index (χ0v) is 9.65. The van der Waals surface area contributed by atoms with Crippen molar-refractivity contribution in [3.05, 3.63) is 22.8 Å². The van der Waals surface area contributed by atoms with Gasteiger partial charge in [-0.1, -0.05) is 17.7 Å². The second-order valence-electron chi connectivity index (χ2n) is 3.56. The molecule has 88 valence electrons. The molecule has 1 aromatic rings. The highest BCUT2D eigenvalue weighted by atomic mass is 35.5. The lowest BCUT2D eigenvalue weighted by Crippen LogP contribution is -2.37. The van der Waals surface area contributed by atoms with Crippen LogP contribution in [0.25, 0.3) is 0 Å². The molecule has 0 saturated heterocycles. The zero-order valence-electron chi connectivity index (χ0n) is 8.90. The molecule has 16 heavy (non-hydrogen) atoms. The molecule has 1 atom stereocenters. The first-order chi connectivity index (χ1) is 7.36. The Kier molecular flexibility index (Phi) is 3.72. The van der Waals surface area contributed by atoms with Crippen molar-refractivity contribution in [3.8, 4) is 5.88 Å². The van der Waals surface area contributed by atoms with Crippen LogP contribution >= 0.6 is 11.6 Å². The molecule has 0 radical (unpaired) electrons. The summed E-state index contributed by atoms with van der Waals surface area (Å²) in [6.07, 6.45) is -0.102. The quantitative estimate of drug-likeness (QED) is 0.777. The van der Waals surface area contributed by atoms with Crippen LogP contribution < -0.4 is 4.74 Å². The SMILES string of the molecule is COc1nc(Cl)ccc1CC(C)(O)C(=O)O. The van der Waals surface area contributed by atoms with E-state index in [4.69, 9.17) is 21.4 Å². The highest BCUT2D eigenvalue weighted by molar-refractivity contribution is 6.29. The van der Waals surface area contributed by atoms with Gasteiger partial charge in [0.1, 0.15) is 5.15 Å². The van der Waals surface area contributed by atoms with Gasteiger partial charge in [0.05, 0.1) is 7.11 Å². The molecule has 1 aromatic heterocycles. The molecule has 1 rings (SSSR count). The van der Waals surface area contributed by atoms with Crippen LogP contribution in [-0.4, -0.2) is 33.9 Å². The minimum absolute atomic E-state index is 0.102. The molecule has 0 aromatic carbocycles. The third-order valence-corrected chi connectivity index (χ3v) is 2.30. The van der Waals surface area contributed by atoms with E-state index in [1.807, 2.05) is 0 Å². The van der Waals surface area contributed by atoms with E-state index < -0.39 is 11.6 Å². The number of aliphatic carboxylic acids is 1. The average molecular weight is 246 g/mol. The van der Waals surface area contributed by atoms with Gasteiger partial charge in [0, 0.05) is 12.0 Å². The van der Waals surface area contributed by atoms with Gasteiger partial charge in [-0.2, -0.15) is 0 Å². The summed E-state index contributed by atoms with van der Waals surface area (Å²) in [5, 5.41) is 18.6. The normalized spacial score (nSPS) is 14.2. The minimum atomic E-state index is -1.86. The fourth-order valence-corrected chi connectivity index (χ4v) is 1.34. The molecule has 0 amide bonds. The molecule has 0 spiro atoms. The lowest BCUT2D eigenvalue weighted by atomic mass is 9.97. The number of carboxylic acids is 1. The van der Waals surface area contributed by atoms with Crippen LogP contribution in [0.1, 0.15) is 12.5 Å². The number of carbonyl (C=O) groups is 1. The Morgan fingerprint density at radius 3 is 2.75 bits per heavy atom. The molecule has 6 heteroatoms. The van der Waals surface area contributed by atoms with Crippen LogP contribution in [-0.2, 0) is 11.2 Å². The molecular weight excluding hydrogens is 234 g/mol. The number of aliphatic hydroxyl groups is 1. The number of pyridine rings is 1. The van der Waals surface area contributed by atoms with Gasteiger partial charge in [-0.3, -0.25) is 0 Å². The van der Waals surface area contributed by atoms with Gasteiger partial charge in [0.15, 0.2) is 5.60 Å². The second-order valence-corrected chi connectivity index (χ2v) is 3.95. The smallest absolute Gasteiger partial charge is 0.335 e. The van der Waals surface area contributed by atoms with E-state index in [0.717, 1.165) is 0 Å². The molecule has 0 bridgehead atoms. The van der Waals surface area contributed by atoms with Crippen molar-refractivity contribution in [1.82, 2.24) is 4.98 Å². The van der Waals surface area contributed by atoms with E-state index in [0.29, 0.717) is 5.56 Å². The van der Waals surface area contributed by atoms with Gasteiger partial charge in [-0.05, 0) is 13.0 Å². The van der Waals surface area contributed by atoms with E-state index in [1.54, 1.807) is 6.07 Å². The number of nitrogens with zero attached hydrogens (tertiary/aromatic N) is 1. The van der Waals surface area contributed by atoms with Crippen molar-refractivity contribution in [2.75, 3.05) is 7.11 Å². The number of aromatic nitrogens is 1. The summed E-state index contributed by atoms with van der Waals surface area (Å²) in [4.78, 5) is 14.6. The van der Waals surface area contributed by atoms with E-state index in [9.17, 15) is 9.90 Å². The van der Waals surface area contributed by atoms with Gasteiger partial charge in [0.25, 0.3) is 0 Å². The predicted molar refractivity (Wildman–Crippen MR) is 57.8 cm³/mol. The number of rotatable bonds is 4. The molecule has 1 unspecified atom stereocenters. The van der Waals surface area contributed by atoms with Gasteiger partial charge < -0.3 is 14.9 Å². The maximum Gasteiger partial charge on any atom is 0.335 e. The Hall–Kier alpha value is -1.33. The maximum absolute atomic E-state index is 10.8. The molecule has 2 N–H and O–H groups in total. The molecule has 0 aliphatic heterocycles. The van der Waals surface area contributed by atoms with Crippen LogP contribution in [0.4, 0.5) is 0 Å². The summed E-state index contributed by atoms with van der Waals surface area (Å²) < 4.78 is 4.95. The molecule has 0 aliphatic carbocycles. The summed E-state index contributed by atoms with van der Waals surface area (Å²) in [6.45, 7) is 1.21. The average Bonchev–Trinajstić information content (AvgIpc) is 2.20. The Morgan fingerprint density at radius 1 is 1.62 bits per heavy atom. The Morgan fingerprint density at radius 2 is 2.25 bits per heavy atom. The first kappa shape index (κ1) is 12.7. The molecule has 0 saturated carbocycles. The first-order valence-electron chi connectivity index (χ1n) is 4.52. The van der Waals surface area contributed by atoms with Crippen molar-refractivity contribution < 1.29 is 19.7 Å². The van der Waals surface area contributed by atoms with E-state index in [1.165, 1.54) is 20.1 Å². The van der Waals surface area contributed by atoms with Gasteiger partial charge in [0.2, 0.25) is 5.88 Å². The van der Waals surface area contributed by atoms with E-state index in [2.05, 4.69) is 4.98 Å². The van der Waals surface area contributed by atoms with Crippen LogP contribution in [0, 0.1) is 0 Å². The monoisotopic (exact) mass is 245 g/mol. The van der Waals surface area contributed by atoms with Gasteiger partial charge in [-0.25, -0.2) is 9.78 Å². The number of carboxylic acid groups (broad SMARTS) is 1. The lowest BCUT2D eigenvalue weighted by Gasteiger charge is -2.18. The molecule has 5 nitrogen and oxygen atoms in total. The first-order valence-corrected chi connectivity index (χ1v) is 4.90. The minimum Gasteiger partial charge on any atom is -0.481 e. The number of methoxy groups -OCH3 is 1. The third-order valence-electron chi connectivity index (χ3n) is 2.09. The van der Waals surface area contributed by atoms with Crippen LogP contribution in [0.5, 0.6) is 5.88 Å². The van der Waals surface area contributed by atoms with Crippen molar-refractivity contribution >= 4 is 17.6 Å². The van der Waals surface area contributed by atoms with Crippen molar-refractivity contribution in [2.45, 2.75) is 18.9 Å². The van der Waals surface area contributed by atoms with Crippen molar-refractivity contribution in [1.29, 1.82) is 0 Å². The van der Waals surface area contributed by atoms with Gasteiger partial charge in [-0.15, -0.1) is 0 Å². The fourth-order valence-electron chi connectivity index (χ4n) is 1.20. The van der Waals surface area contributed by atoms with E-state index >= 15 is 0 Å². The highest BCUT2D eigenvalue weighted by Gasteiger charge is 2.31. The standard InChI is InChI=1S/C10H12ClNO4/c1-10(15,9(13)14)5-6-3-4-7(11)12-8(6)16-2/h3-4,15H,5H2,1-2H3,(H,13,14). The topological polar surface area (TPSA) is 79.7 Å². The van der Waals surface area contributed by atoms with Gasteiger partial charge >= 0.3 is 5.97 Å². The van der Waals surface area contributed by atoms with Crippen LogP contribution in [0.2, 0.25) is 5.15 Å². The molecule has 1 heterocycles. The van der Waals surface area contributed by atoms with E-state index in [-0.39, 0.29) is 17.5 Å². The Labute approximate surface area is 97.6 Å². The predicted octanol–water partition coefficient (Wildman–Crippen LogP) is 1.12. The zero-order chi connectivity index (χ0) is 12.3. The Bertz CT molecular complexity index is 406. The summed E-state index contributed by atoms with van der Waals surface area (Å²) in [6, 6.07) is 3.09. The lowest BCUT2D eigenvalue weighted by molar-refractivity contribution is -0.156. The summed E-state index contributed by atoms with van der Waals surface area (Å²) in [7, 11) is 1.40.